The first-order chi connectivity index (χ1) is 8.68. The van der Waals surface area contributed by atoms with E-state index >= 15 is 0 Å². The van der Waals surface area contributed by atoms with Crippen LogP contribution in [0.3, 0.4) is 0 Å². The first-order valence-corrected chi connectivity index (χ1v) is 7.64. The number of amides is 2. The van der Waals surface area contributed by atoms with Crippen LogP contribution in [0.15, 0.2) is 15.9 Å². The SMILES string of the molecule is O=C(NCC(=O)N1CCCCC1)c1sccc1Br. The van der Waals surface area contributed by atoms with Gasteiger partial charge in [0.25, 0.3) is 5.91 Å². The largest absolute Gasteiger partial charge is 0.342 e. The maximum absolute atomic E-state index is 11.9. The lowest BCUT2D eigenvalue weighted by Crippen LogP contribution is -2.42. The topological polar surface area (TPSA) is 49.4 Å². The molecule has 0 aromatic carbocycles. The van der Waals surface area contributed by atoms with Crippen molar-refractivity contribution in [3.05, 3.63) is 20.8 Å². The second-order valence-electron chi connectivity index (χ2n) is 4.22. The molecular formula is C12H15BrN2O2S. The van der Waals surface area contributed by atoms with Crippen molar-refractivity contribution in [2.75, 3.05) is 19.6 Å². The monoisotopic (exact) mass is 330 g/mol. The lowest BCUT2D eigenvalue weighted by atomic mass is 10.1. The highest BCUT2D eigenvalue weighted by Gasteiger charge is 2.18. The van der Waals surface area contributed by atoms with Crippen LogP contribution in [-0.2, 0) is 4.79 Å². The second kappa shape index (κ2) is 6.33. The number of nitrogens with zero attached hydrogens (tertiary/aromatic N) is 1. The molecule has 1 fully saturated rings. The van der Waals surface area contributed by atoms with E-state index < -0.39 is 0 Å². The molecule has 0 radical (unpaired) electrons. The fourth-order valence-corrected chi connectivity index (χ4v) is 3.41. The van der Waals surface area contributed by atoms with E-state index in [-0.39, 0.29) is 18.4 Å². The maximum atomic E-state index is 11.9. The Balaban J connectivity index is 1.82. The summed E-state index contributed by atoms with van der Waals surface area (Å²) in [7, 11) is 0. The average Bonchev–Trinajstić information content (AvgIpc) is 2.83. The van der Waals surface area contributed by atoms with Gasteiger partial charge in [-0.25, -0.2) is 0 Å². The Labute approximate surface area is 118 Å². The van der Waals surface area contributed by atoms with E-state index in [0.29, 0.717) is 4.88 Å². The Morgan fingerprint density at radius 1 is 1.33 bits per heavy atom. The van der Waals surface area contributed by atoms with Crippen molar-refractivity contribution in [3.63, 3.8) is 0 Å². The Hall–Kier alpha value is -0.880. The molecule has 0 spiro atoms. The lowest BCUT2D eigenvalue weighted by molar-refractivity contribution is -0.130. The van der Waals surface area contributed by atoms with E-state index in [1.807, 2.05) is 16.3 Å². The van der Waals surface area contributed by atoms with E-state index in [1.54, 1.807) is 0 Å². The fourth-order valence-electron chi connectivity index (χ4n) is 1.95. The molecule has 18 heavy (non-hydrogen) atoms. The molecule has 98 valence electrons. The van der Waals surface area contributed by atoms with Gasteiger partial charge in [0.15, 0.2) is 0 Å². The van der Waals surface area contributed by atoms with E-state index in [4.69, 9.17) is 0 Å². The number of nitrogens with one attached hydrogen (secondary N) is 1. The summed E-state index contributed by atoms with van der Waals surface area (Å²) in [6.07, 6.45) is 3.32. The van der Waals surface area contributed by atoms with Crippen LogP contribution in [0.25, 0.3) is 0 Å². The van der Waals surface area contributed by atoms with Crippen LogP contribution in [0, 0.1) is 0 Å². The number of piperidine rings is 1. The predicted octanol–water partition coefficient (Wildman–Crippen LogP) is 2.25. The zero-order valence-electron chi connectivity index (χ0n) is 9.95. The van der Waals surface area contributed by atoms with Gasteiger partial charge in [0.1, 0.15) is 4.88 Å². The Kier molecular flexibility index (Phi) is 4.77. The molecule has 0 bridgehead atoms. The van der Waals surface area contributed by atoms with Gasteiger partial charge in [0, 0.05) is 17.6 Å². The number of hydrogen-bond donors (Lipinski definition) is 1. The number of rotatable bonds is 3. The van der Waals surface area contributed by atoms with Crippen molar-refractivity contribution in [1.29, 1.82) is 0 Å². The zero-order chi connectivity index (χ0) is 13.0. The highest BCUT2D eigenvalue weighted by molar-refractivity contribution is 9.10. The molecule has 6 heteroatoms. The van der Waals surface area contributed by atoms with E-state index in [9.17, 15) is 9.59 Å². The minimum atomic E-state index is -0.192. The maximum Gasteiger partial charge on any atom is 0.262 e. The molecule has 1 aliphatic heterocycles. The number of halogens is 1. The molecule has 1 aliphatic rings. The molecule has 2 rings (SSSR count). The van der Waals surface area contributed by atoms with Gasteiger partial charge in [-0.15, -0.1) is 11.3 Å². The van der Waals surface area contributed by atoms with Crippen molar-refractivity contribution in [2.45, 2.75) is 19.3 Å². The molecule has 0 unspecified atom stereocenters. The van der Waals surface area contributed by atoms with Gasteiger partial charge in [0.2, 0.25) is 5.91 Å². The molecule has 2 heterocycles. The van der Waals surface area contributed by atoms with Gasteiger partial charge in [0.05, 0.1) is 6.54 Å². The van der Waals surface area contributed by atoms with Crippen LogP contribution >= 0.6 is 27.3 Å². The molecule has 1 aromatic rings. The molecule has 0 aliphatic carbocycles. The van der Waals surface area contributed by atoms with Crippen molar-refractivity contribution >= 4 is 39.1 Å². The van der Waals surface area contributed by atoms with Gasteiger partial charge >= 0.3 is 0 Å². The van der Waals surface area contributed by atoms with E-state index in [2.05, 4.69) is 21.2 Å². The van der Waals surface area contributed by atoms with Crippen LogP contribution in [0.1, 0.15) is 28.9 Å². The molecule has 1 saturated heterocycles. The third-order valence-corrected chi connectivity index (χ3v) is 4.77. The average molecular weight is 331 g/mol. The predicted molar refractivity (Wildman–Crippen MR) is 74.8 cm³/mol. The van der Waals surface area contributed by atoms with Crippen LogP contribution in [0.5, 0.6) is 0 Å². The highest BCUT2D eigenvalue weighted by atomic mass is 79.9. The summed E-state index contributed by atoms with van der Waals surface area (Å²) in [6, 6.07) is 1.83. The first-order valence-electron chi connectivity index (χ1n) is 5.97. The van der Waals surface area contributed by atoms with E-state index in [1.165, 1.54) is 17.8 Å². The Morgan fingerprint density at radius 2 is 2.06 bits per heavy atom. The second-order valence-corrected chi connectivity index (χ2v) is 5.99. The first kappa shape index (κ1) is 13.5. The summed E-state index contributed by atoms with van der Waals surface area (Å²) in [5.41, 5.74) is 0. The van der Waals surface area contributed by atoms with Crippen molar-refractivity contribution in [3.8, 4) is 0 Å². The van der Waals surface area contributed by atoms with Gasteiger partial charge in [-0.2, -0.15) is 0 Å². The molecule has 1 aromatic heterocycles. The number of carbonyl (C=O) groups is 2. The van der Waals surface area contributed by atoms with Crippen molar-refractivity contribution < 1.29 is 9.59 Å². The number of likely N-dealkylation sites (tertiary alicyclic amines) is 1. The summed E-state index contributed by atoms with van der Waals surface area (Å²) in [6.45, 7) is 1.72. The van der Waals surface area contributed by atoms with Crippen molar-refractivity contribution in [2.24, 2.45) is 0 Å². The third kappa shape index (κ3) is 3.32. The minimum absolute atomic E-state index is 0.00993. The molecular weight excluding hydrogens is 316 g/mol. The van der Waals surface area contributed by atoms with E-state index in [0.717, 1.165) is 30.4 Å². The zero-order valence-corrected chi connectivity index (χ0v) is 12.3. The number of thiophene rings is 1. The Bertz CT molecular complexity index is 441. The van der Waals surface area contributed by atoms with Crippen LogP contribution in [-0.4, -0.2) is 36.3 Å². The van der Waals surface area contributed by atoms with Crippen molar-refractivity contribution in [1.82, 2.24) is 10.2 Å². The standard InChI is InChI=1S/C12H15BrN2O2S/c13-9-4-7-18-11(9)12(17)14-8-10(16)15-5-2-1-3-6-15/h4,7H,1-3,5-6,8H2,(H,14,17). The molecule has 0 atom stereocenters. The summed E-state index contributed by atoms with van der Waals surface area (Å²) in [4.78, 5) is 26.1. The highest BCUT2D eigenvalue weighted by Crippen LogP contribution is 2.22. The fraction of sp³-hybridized carbons (Fsp3) is 0.500. The summed E-state index contributed by atoms with van der Waals surface area (Å²) in [5, 5.41) is 4.51. The van der Waals surface area contributed by atoms with Gasteiger partial charge in [-0.1, -0.05) is 0 Å². The normalized spacial score (nSPS) is 15.5. The summed E-state index contributed by atoms with van der Waals surface area (Å²) < 4.78 is 0.774. The minimum Gasteiger partial charge on any atom is -0.342 e. The molecule has 1 N–H and O–H groups in total. The van der Waals surface area contributed by atoms with Crippen LogP contribution < -0.4 is 5.32 Å². The van der Waals surface area contributed by atoms with Crippen LogP contribution in [0.2, 0.25) is 0 Å². The summed E-state index contributed by atoms with van der Waals surface area (Å²) in [5.74, 6) is -0.182. The smallest absolute Gasteiger partial charge is 0.262 e. The van der Waals surface area contributed by atoms with Gasteiger partial charge in [-0.05, 0) is 46.6 Å². The lowest BCUT2D eigenvalue weighted by Gasteiger charge is -2.26. The molecule has 4 nitrogen and oxygen atoms in total. The Morgan fingerprint density at radius 3 is 2.67 bits per heavy atom. The van der Waals surface area contributed by atoms with Gasteiger partial charge in [-0.3, -0.25) is 9.59 Å². The molecule has 0 saturated carbocycles. The molecule has 2 amide bonds. The van der Waals surface area contributed by atoms with Gasteiger partial charge < -0.3 is 10.2 Å². The summed E-state index contributed by atoms with van der Waals surface area (Å²) >= 11 is 4.67. The van der Waals surface area contributed by atoms with Crippen LogP contribution in [0.4, 0.5) is 0 Å². The third-order valence-electron chi connectivity index (χ3n) is 2.93. The quantitative estimate of drug-likeness (QED) is 0.924. The number of carbonyl (C=O) groups excluding carboxylic acids is 2. The number of hydrogen-bond acceptors (Lipinski definition) is 3.